The first-order chi connectivity index (χ1) is 18.9. The van der Waals surface area contributed by atoms with Gasteiger partial charge in [0.05, 0.1) is 0 Å². The molecule has 0 unspecified atom stereocenters. The standard InChI is InChI=1S/C32H31N5O2/c1-21-13-16-37-27(18-21)20-28(24-7-5-4-6-8-24)30(37)31(38)32(39)36-26-11-9-25(10-12-26)33-14-15-34-29-19-22(2)17-23(3)35-29/h4-13,16-20,33H,14-15H2,1-3H3,(H,34,35)(H,36,39). The van der Waals surface area contributed by atoms with E-state index < -0.39 is 11.7 Å². The number of nitrogens with one attached hydrogen (secondary N) is 3. The molecular formula is C32H31N5O2. The van der Waals surface area contributed by atoms with Gasteiger partial charge in [-0.2, -0.15) is 0 Å². The molecule has 196 valence electrons. The third-order valence-corrected chi connectivity index (χ3v) is 6.44. The summed E-state index contributed by atoms with van der Waals surface area (Å²) in [7, 11) is 0. The zero-order chi connectivity index (χ0) is 27.4. The van der Waals surface area contributed by atoms with Gasteiger partial charge in [-0.05, 0) is 92.1 Å². The first-order valence-electron chi connectivity index (χ1n) is 12.9. The lowest BCUT2D eigenvalue weighted by Crippen LogP contribution is -2.24. The normalized spacial score (nSPS) is 10.8. The van der Waals surface area contributed by atoms with Gasteiger partial charge in [-0.25, -0.2) is 4.98 Å². The van der Waals surface area contributed by atoms with Crippen molar-refractivity contribution in [2.45, 2.75) is 20.8 Å². The fourth-order valence-electron chi connectivity index (χ4n) is 4.66. The summed E-state index contributed by atoms with van der Waals surface area (Å²) in [4.78, 5) is 31.0. The Hall–Kier alpha value is -4.91. The van der Waals surface area contributed by atoms with Crippen molar-refractivity contribution in [1.82, 2.24) is 9.38 Å². The van der Waals surface area contributed by atoms with Crippen molar-refractivity contribution in [3.8, 4) is 11.1 Å². The van der Waals surface area contributed by atoms with Gasteiger partial charge in [-0.1, -0.05) is 30.3 Å². The van der Waals surface area contributed by atoms with Crippen molar-refractivity contribution in [1.29, 1.82) is 0 Å². The fourth-order valence-corrected chi connectivity index (χ4v) is 4.66. The van der Waals surface area contributed by atoms with Crippen LogP contribution in [-0.4, -0.2) is 34.2 Å². The lowest BCUT2D eigenvalue weighted by molar-refractivity contribution is -0.112. The number of fused-ring (bicyclic) bond motifs is 1. The SMILES string of the molecule is Cc1cc(C)nc(NCCNc2ccc(NC(=O)C(=O)c3c(-c4ccccc4)cc4cc(C)ccn34)cc2)c1. The van der Waals surface area contributed by atoms with E-state index in [1.165, 1.54) is 5.56 Å². The van der Waals surface area contributed by atoms with Gasteiger partial charge >= 0.3 is 0 Å². The van der Waals surface area contributed by atoms with Gasteiger partial charge < -0.3 is 20.4 Å². The highest BCUT2D eigenvalue weighted by Gasteiger charge is 2.25. The molecule has 1 amide bonds. The number of anilines is 3. The molecule has 5 rings (SSSR count). The van der Waals surface area contributed by atoms with Crippen LogP contribution in [-0.2, 0) is 4.79 Å². The van der Waals surface area contributed by atoms with Gasteiger partial charge in [0.1, 0.15) is 11.5 Å². The molecule has 39 heavy (non-hydrogen) atoms. The fraction of sp³-hybridized carbons (Fsp3) is 0.156. The molecule has 0 radical (unpaired) electrons. The van der Waals surface area contributed by atoms with Crippen LogP contribution in [0.3, 0.4) is 0 Å². The number of carbonyl (C=O) groups is 2. The molecule has 2 aromatic carbocycles. The summed E-state index contributed by atoms with van der Waals surface area (Å²) in [5.41, 5.74) is 7.52. The molecule has 0 aliphatic heterocycles. The van der Waals surface area contributed by atoms with E-state index in [2.05, 4.69) is 27.9 Å². The van der Waals surface area contributed by atoms with E-state index in [4.69, 9.17) is 0 Å². The number of aromatic nitrogens is 2. The quantitative estimate of drug-likeness (QED) is 0.122. The van der Waals surface area contributed by atoms with Crippen LogP contribution in [0.1, 0.15) is 27.3 Å². The highest BCUT2D eigenvalue weighted by Crippen LogP contribution is 2.29. The van der Waals surface area contributed by atoms with Gasteiger partial charge in [0, 0.05) is 47.4 Å². The zero-order valence-electron chi connectivity index (χ0n) is 22.3. The molecule has 0 saturated carbocycles. The maximum atomic E-state index is 13.4. The van der Waals surface area contributed by atoms with Crippen LogP contribution in [0, 0.1) is 20.8 Å². The van der Waals surface area contributed by atoms with Crippen molar-refractivity contribution in [3.63, 3.8) is 0 Å². The molecule has 0 saturated heterocycles. The smallest absolute Gasteiger partial charge is 0.298 e. The van der Waals surface area contributed by atoms with Gasteiger partial charge in [0.2, 0.25) is 0 Å². The molecule has 0 aliphatic rings. The van der Waals surface area contributed by atoms with Crippen LogP contribution in [0.25, 0.3) is 16.6 Å². The van der Waals surface area contributed by atoms with Crippen LogP contribution in [0.2, 0.25) is 0 Å². The van der Waals surface area contributed by atoms with Crippen molar-refractivity contribution in [2.24, 2.45) is 0 Å². The first-order valence-corrected chi connectivity index (χ1v) is 12.9. The van der Waals surface area contributed by atoms with Gasteiger partial charge in [-0.3, -0.25) is 9.59 Å². The average molecular weight is 518 g/mol. The van der Waals surface area contributed by atoms with Crippen LogP contribution in [0.5, 0.6) is 0 Å². The Balaban J connectivity index is 1.24. The summed E-state index contributed by atoms with van der Waals surface area (Å²) in [5.74, 6) is -0.414. The molecule has 3 aromatic heterocycles. The summed E-state index contributed by atoms with van der Waals surface area (Å²) < 4.78 is 1.78. The minimum Gasteiger partial charge on any atom is -0.383 e. The Labute approximate surface area is 227 Å². The predicted octanol–water partition coefficient (Wildman–Crippen LogP) is 6.27. The Kier molecular flexibility index (Phi) is 7.41. The second-order valence-corrected chi connectivity index (χ2v) is 9.66. The summed E-state index contributed by atoms with van der Waals surface area (Å²) in [6.07, 6.45) is 1.84. The van der Waals surface area contributed by atoms with Crippen LogP contribution in [0.15, 0.2) is 91.1 Å². The molecule has 0 spiro atoms. The summed E-state index contributed by atoms with van der Waals surface area (Å²) in [6.45, 7) is 7.43. The van der Waals surface area contributed by atoms with Crippen molar-refractivity contribution >= 4 is 34.4 Å². The highest BCUT2D eigenvalue weighted by atomic mass is 16.2. The third kappa shape index (κ3) is 5.99. The molecule has 0 atom stereocenters. The number of nitrogens with zero attached hydrogens (tertiary/aromatic N) is 2. The second kappa shape index (κ2) is 11.2. The molecular weight excluding hydrogens is 486 g/mol. The number of rotatable bonds is 9. The van der Waals surface area contributed by atoms with Crippen molar-refractivity contribution in [3.05, 3.63) is 114 Å². The molecule has 0 aliphatic carbocycles. The van der Waals surface area contributed by atoms with E-state index >= 15 is 0 Å². The molecule has 5 aromatic rings. The number of benzene rings is 2. The molecule has 3 N–H and O–H groups in total. The van der Waals surface area contributed by atoms with Gasteiger partial charge in [-0.15, -0.1) is 0 Å². The maximum Gasteiger partial charge on any atom is 0.298 e. The lowest BCUT2D eigenvalue weighted by Gasteiger charge is -2.11. The van der Waals surface area contributed by atoms with Gasteiger partial charge in [0.15, 0.2) is 0 Å². The number of amides is 1. The second-order valence-electron chi connectivity index (χ2n) is 9.66. The number of aryl methyl sites for hydroxylation is 3. The topological polar surface area (TPSA) is 87.5 Å². The average Bonchev–Trinajstić information content (AvgIpc) is 3.30. The summed E-state index contributed by atoms with van der Waals surface area (Å²) in [5, 5.41) is 9.43. The Morgan fingerprint density at radius 2 is 1.49 bits per heavy atom. The molecule has 3 heterocycles. The van der Waals surface area contributed by atoms with Crippen LogP contribution in [0.4, 0.5) is 17.2 Å². The minimum atomic E-state index is -0.682. The summed E-state index contributed by atoms with van der Waals surface area (Å²) in [6, 6.07) is 26.9. The molecule has 0 bridgehead atoms. The Bertz CT molecular complexity index is 1620. The van der Waals surface area contributed by atoms with E-state index in [1.807, 2.05) is 92.8 Å². The van der Waals surface area contributed by atoms with E-state index in [0.717, 1.165) is 39.4 Å². The Morgan fingerprint density at radius 3 is 2.23 bits per heavy atom. The number of Topliss-reactive ketones (excluding diaryl/α,β-unsaturated/α-hetero) is 1. The molecule has 7 nitrogen and oxygen atoms in total. The number of carbonyl (C=O) groups excluding carboxylic acids is 2. The van der Waals surface area contributed by atoms with Gasteiger partial charge in [0.25, 0.3) is 11.7 Å². The highest BCUT2D eigenvalue weighted by molar-refractivity contribution is 6.47. The maximum absolute atomic E-state index is 13.4. The van der Waals surface area contributed by atoms with E-state index in [9.17, 15) is 9.59 Å². The van der Waals surface area contributed by atoms with Crippen LogP contribution >= 0.6 is 0 Å². The van der Waals surface area contributed by atoms with E-state index in [0.29, 0.717) is 24.5 Å². The number of hydrogen-bond acceptors (Lipinski definition) is 5. The minimum absolute atomic E-state index is 0.345. The van der Waals surface area contributed by atoms with E-state index in [1.54, 1.807) is 16.5 Å². The van der Waals surface area contributed by atoms with E-state index in [-0.39, 0.29) is 0 Å². The zero-order valence-corrected chi connectivity index (χ0v) is 22.3. The van der Waals surface area contributed by atoms with Crippen molar-refractivity contribution < 1.29 is 9.59 Å². The number of ketones is 1. The summed E-state index contributed by atoms with van der Waals surface area (Å²) >= 11 is 0. The number of pyridine rings is 2. The molecule has 0 fully saturated rings. The van der Waals surface area contributed by atoms with Crippen LogP contribution < -0.4 is 16.0 Å². The largest absolute Gasteiger partial charge is 0.383 e. The molecule has 7 heteroatoms. The first kappa shape index (κ1) is 25.7. The lowest BCUT2D eigenvalue weighted by atomic mass is 10.0. The van der Waals surface area contributed by atoms with Crippen molar-refractivity contribution in [2.75, 3.05) is 29.0 Å². The predicted molar refractivity (Wildman–Crippen MR) is 158 cm³/mol. The number of hydrogen-bond donors (Lipinski definition) is 3. The monoisotopic (exact) mass is 517 g/mol. The third-order valence-electron chi connectivity index (χ3n) is 6.44. The Morgan fingerprint density at radius 1 is 0.769 bits per heavy atom.